The first kappa shape index (κ1) is 16.4. The fourth-order valence-corrected chi connectivity index (χ4v) is 3.92. The summed E-state index contributed by atoms with van der Waals surface area (Å²) in [7, 11) is 1.79. The van der Waals surface area contributed by atoms with Crippen LogP contribution in [0.3, 0.4) is 0 Å². The Kier molecular flexibility index (Phi) is 3.83. The molecule has 0 aromatic heterocycles. The first-order valence-corrected chi connectivity index (χ1v) is 7.95. The fraction of sp³-hybridized carbons (Fsp3) is 0.471. The van der Waals surface area contributed by atoms with Gasteiger partial charge in [-0.2, -0.15) is 0 Å². The third-order valence-electron chi connectivity index (χ3n) is 5.16. The number of carboxylic acids is 1. The molecular formula is C17H21N3O4. The van der Waals surface area contributed by atoms with Crippen molar-refractivity contribution in [1.82, 2.24) is 4.90 Å². The minimum absolute atomic E-state index is 0.0459. The summed E-state index contributed by atoms with van der Waals surface area (Å²) in [6.07, 6.45) is 7.51. The van der Waals surface area contributed by atoms with Crippen molar-refractivity contribution in [3.8, 4) is 0 Å². The van der Waals surface area contributed by atoms with Crippen molar-refractivity contribution in [2.45, 2.75) is 25.3 Å². The van der Waals surface area contributed by atoms with Crippen molar-refractivity contribution in [2.75, 3.05) is 13.6 Å². The first-order valence-electron chi connectivity index (χ1n) is 7.95. The van der Waals surface area contributed by atoms with E-state index >= 15 is 0 Å². The second-order valence-corrected chi connectivity index (χ2v) is 6.72. The van der Waals surface area contributed by atoms with E-state index in [0.29, 0.717) is 18.2 Å². The number of carbonyl (C=O) groups is 1. The van der Waals surface area contributed by atoms with Crippen LogP contribution in [0.1, 0.15) is 19.3 Å². The van der Waals surface area contributed by atoms with Gasteiger partial charge in [-0.3, -0.25) is 14.9 Å². The average molecular weight is 331 g/mol. The van der Waals surface area contributed by atoms with Gasteiger partial charge in [0, 0.05) is 25.1 Å². The Hall–Kier alpha value is -2.41. The lowest BCUT2D eigenvalue weighted by molar-refractivity contribution is -0.421. The summed E-state index contributed by atoms with van der Waals surface area (Å²) in [6.45, 7) is 4.43. The highest BCUT2D eigenvalue weighted by Gasteiger charge is 2.52. The molecule has 0 spiro atoms. The molecule has 2 unspecified atom stereocenters. The molecule has 0 bridgehead atoms. The van der Waals surface area contributed by atoms with E-state index < -0.39 is 17.4 Å². The van der Waals surface area contributed by atoms with Gasteiger partial charge in [0.1, 0.15) is 11.7 Å². The molecule has 24 heavy (non-hydrogen) atoms. The van der Waals surface area contributed by atoms with Crippen molar-refractivity contribution < 1.29 is 14.8 Å². The van der Waals surface area contributed by atoms with E-state index in [1.54, 1.807) is 13.1 Å². The third kappa shape index (κ3) is 2.36. The average Bonchev–Trinajstić information content (AvgIpc) is 3.32. The minimum atomic E-state index is -1.07. The van der Waals surface area contributed by atoms with Crippen LogP contribution in [0.5, 0.6) is 0 Å². The molecule has 7 heteroatoms. The van der Waals surface area contributed by atoms with Crippen molar-refractivity contribution in [3.05, 3.63) is 57.5 Å². The number of fused-ring (bicyclic) bond motifs is 1. The Morgan fingerprint density at radius 1 is 1.67 bits per heavy atom. The number of nitrogens with two attached hydrogens (primary N) is 1. The monoisotopic (exact) mass is 331 g/mol. The maximum absolute atomic E-state index is 11.5. The Bertz CT molecular complexity index is 717. The summed E-state index contributed by atoms with van der Waals surface area (Å²) >= 11 is 0. The Labute approximate surface area is 140 Å². The molecular weight excluding hydrogens is 310 g/mol. The number of rotatable bonds is 6. The van der Waals surface area contributed by atoms with Crippen LogP contribution in [-0.4, -0.2) is 40.5 Å². The molecule has 0 radical (unpaired) electrons. The summed E-state index contributed by atoms with van der Waals surface area (Å²) < 4.78 is 0. The third-order valence-corrected chi connectivity index (χ3v) is 5.16. The van der Waals surface area contributed by atoms with Crippen LogP contribution in [0.25, 0.3) is 0 Å². The smallest absolute Gasteiger partial charge is 0.320 e. The van der Waals surface area contributed by atoms with Gasteiger partial charge in [0.25, 0.3) is 5.70 Å². The van der Waals surface area contributed by atoms with Gasteiger partial charge in [0.15, 0.2) is 0 Å². The van der Waals surface area contributed by atoms with Crippen molar-refractivity contribution in [2.24, 2.45) is 17.1 Å². The van der Waals surface area contributed by atoms with E-state index in [2.05, 4.69) is 6.58 Å². The lowest BCUT2D eigenvalue weighted by Gasteiger charge is -2.34. The molecule has 7 nitrogen and oxygen atoms in total. The molecule has 1 heterocycles. The number of nitro groups is 1. The Morgan fingerprint density at radius 2 is 2.33 bits per heavy atom. The zero-order valence-electron chi connectivity index (χ0n) is 13.6. The number of nitrogens with zero attached hydrogens (tertiary/aromatic N) is 2. The molecule has 0 saturated heterocycles. The van der Waals surface area contributed by atoms with Crippen LogP contribution in [-0.2, 0) is 4.79 Å². The molecule has 2 atom stereocenters. The lowest BCUT2D eigenvalue weighted by atomic mass is 9.70. The number of allylic oxidation sites excluding steroid dienone is 4. The van der Waals surface area contributed by atoms with Crippen LogP contribution >= 0.6 is 0 Å². The van der Waals surface area contributed by atoms with Crippen molar-refractivity contribution >= 4 is 5.97 Å². The van der Waals surface area contributed by atoms with Crippen molar-refractivity contribution in [1.29, 1.82) is 0 Å². The highest BCUT2D eigenvalue weighted by Crippen LogP contribution is 2.58. The van der Waals surface area contributed by atoms with Gasteiger partial charge in [0.05, 0.1) is 4.92 Å². The molecule has 1 aliphatic heterocycles. The lowest BCUT2D eigenvalue weighted by Crippen LogP contribution is -2.32. The van der Waals surface area contributed by atoms with E-state index in [1.807, 2.05) is 17.1 Å². The van der Waals surface area contributed by atoms with Crippen LogP contribution in [0.2, 0.25) is 0 Å². The number of aliphatic carboxylic acids is 1. The Balaban J connectivity index is 2.17. The molecule has 3 rings (SSSR count). The highest BCUT2D eigenvalue weighted by atomic mass is 16.6. The van der Waals surface area contributed by atoms with E-state index in [9.17, 15) is 14.9 Å². The standard InChI is InChI=1S/C17H21N3O4/c1-3-17(11-4-5-11)7-6-13(20(23)24)15-14(17)10(9-19(15)2)8-12(18)16(21)22/h3,6-7,11-12H,1,4-5,8-9,18H2,2H3,(H,21,22). The summed E-state index contributed by atoms with van der Waals surface area (Å²) in [6, 6.07) is -1.02. The predicted molar refractivity (Wildman–Crippen MR) is 88.4 cm³/mol. The highest BCUT2D eigenvalue weighted by molar-refractivity contribution is 5.74. The number of carboxylic acid groups (broad SMARTS) is 1. The molecule has 1 saturated carbocycles. The van der Waals surface area contributed by atoms with Gasteiger partial charge in [-0.25, -0.2) is 0 Å². The van der Waals surface area contributed by atoms with Gasteiger partial charge < -0.3 is 15.7 Å². The summed E-state index contributed by atoms with van der Waals surface area (Å²) in [4.78, 5) is 24.1. The molecule has 0 aromatic carbocycles. The van der Waals surface area contributed by atoms with Crippen molar-refractivity contribution in [3.63, 3.8) is 0 Å². The molecule has 1 fully saturated rings. The molecule has 2 aliphatic carbocycles. The first-order chi connectivity index (χ1) is 11.3. The largest absolute Gasteiger partial charge is 0.480 e. The number of hydrogen-bond donors (Lipinski definition) is 2. The van der Waals surface area contributed by atoms with E-state index in [-0.39, 0.29) is 17.0 Å². The van der Waals surface area contributed by atoms with Gasteiger partial charge >= 0.3 is 5.97 Å². The van der Waals surface area contributed by atoms with Gasteiger partial charge in [-0.1, -0.05) is 12.2 Å². The number of hydrogen-bond acceptors (Lipinski definition) is 5. The zero-order valence-corrected chi connectivity index (χ0v) is 13.6. The van der Waals surface area contributed by atoms with Crippen LogP contribution in [0.15, 0.2) is 47.3 Å². The second kappa shape index (κ2) is 5.59. The summed E-state index contributed by atoms with van der Waals surface area (Å²) in [5.41, 5.74) is 7.59. The quantitative estimate of drug-likeness (QED) is 0.435. The summed E-state index contributed by atoms with van der Waals surface area (Å²) in [5.74, 6) is -0.716. The van der Waals surface area contributed by atoms with Gasteiger partial charge in [0.2, 0.25) is 0 Å². The molecule has 128 valence electrons. The molecule has 0 amide bonds. The van der Waals surface area contributed by atoms with Gasteiger partial charge in [-0.15, -0.1) is 6.58 Å². The minimum Gasteiger partial charge on any atom is -0.480 e. The van der Waals surface area contributed by atoms with E-state index in [0.717, 1.165) is 24.0 Å². The number of likely N-dealkylation sites (N-methyl/N-ethyl adjacent to an activating group) is 1. The SMILES string of the molecule is C=CC1(C2CC2)C=CC([N+](=O)[O-])=C2C1=C(CC(N)C(=O)O)CN2C. The maximum atomic E-state index is 11.5. The van der Waals surface area contributed by atoms with E-state index in [4.69, 9.17) is 10.8 Å². The topological polar surface area (TPSA) is 110 Å². The second-order valence-electron chi connectivity index (χ2n) is 6.72. The fourth-order valence-electron chi connectivity index (χ4n) is 3.92. The van der Waals surface area contributed by atoms with E-state index in [1.165, 1.54) is 0 Å². The summed E-state index contributed by atoms with van der Waals surface area (Å²) in [5, 5.41) is 20.6. The maximum Gasteiger partial charge on any atom is 0.320 e. The van der Waals surface area contributed by atoms with Crippen LogP contribution < -0.4 is 5.73 Å². The van der Waals surface area contributed by atoms with Crippen LogP contribution in [0.4, 0.5) is 0 Å². The zero-order chi connectivity index (χ0) is 17.6. The molecule has 0 aromatic rings. The molecule has 3 aliphatic rings. The van der Waals surface area contributed by atoms with Gasteiger partial charge in [-0.05, 0) is 36.3 Å². The van der Waals surface area contributed by atoms with Crippen LogP contribution in [0, 0.1) is 21.4 Å². The normalized spacial score (nSPS) is 27.3. The molecule has 3 N–H and O–H groups in total. The predicted octanol–water partition coefficient (Wildman–Crippen LogP) is 1.67. The Morgan fingerprint density at radius 3 is 2.83 bits per heavy atom.